The molecular weight excluding hydrogens is 280 g/mol. The van der Waals surface area contributed by atoms with Gasteiger partial charge in [0.25, 0.3) is 0 Å². The maximum Gasteiger partial charge on any atom is 0.228 e. The number of hydrogen-bond acceptors (Lipinski definition) is 6. The third kappa shape index (κ3) is 4.08. The van der Waals surface area contributed by atoms with Gasteiger partial charge in [0, 0.05) is 51.6 Å². The molecule has 2 aliphatic heterocycles. The van der Waals surface area contributed by atoms with Crippen LogP contribution in [0.1, 0.15) is 26.2 Å². The van der Waals surface area contributed by atoms with Gasteiger partial charge in [-0.05, 0) is 26.2 Å². The molecule has 2 fully saturated rings. The summed E-state index contributed by atoms with van der Waals surface area (Å²) in [6, 6.07) is 1.81. The van der Waals surface area contributed by atoms with Crippen molar-refractivity contribution in [3.05, 3.63) is 12.3 Å². The molecule has 6 heteroatoms. The summed E-state index contributed by atoms with van der Waals surface area (Å²) >= 11 is 0. The normalized spacial score (nSPS) is 23.0. The Bertz CT molecular complexity index is 457. The third-order valence-electron chi connectivity index (χ3n) is 4.36. The van der Waals surface area contributed by atoms with Gasteiger partial charge in [-0.2, -0.15) is 4.98 Å². The van der Waals surface area contributed by atoms with Crippen molar-refractivity contribution in [3.8, 4) is 5.88 Å². The number of rotatable bonds is 6. The Balaban J connectivity index is 1.45. The molecule has 1 atom stereocenters. The summed E-state index contributed by atoms with van der Waals surface area (Å²) in [6.45, 7) is 8.76. The summed E-state index contributed by atoms with van der Waals surface area (Å²) in [5.41, 5.74) is 0. The lowest BCUT2D eigenvalue weighted by Gasteiger charge is -2.35. The van der Waals surface area contributed by atoms with Gasteiger partial charge in [0.1, 0.15) is 0 Å². The second kappa shape index (κ2) is 7.74. The van der Waals surface area contributed by atoms with Crippen molar-refractivity contribution in [2.75, 3.05) is 50.8 Å². The Morgan fingerprint density at radius 2 is 2.18 bits per heavy atom. The van der Waals surface area contributed by atoms with Crippen LogP contribution in [0, 0.1) is 0 Å². The number of hydrogen-bond donors (Lipinski definition) is 0. The first-order chi connectivity index (χ1) is 10.8. The Morgan fingerprint density at radius 1 is 1.32 bits per heavy atom. The predicted octanol–water partition coefficient (Wildman–Crippen LogP) is 1.57. The van der Waals surface area contributed by atoms with Crippen LogP contribution in [0.3, 0.4) is 0 Å². The second-order valence-corrected chi connectivity index (χ2v) is 5.88. The average Bonchev–Trinajstić information content (AvgIpc) is 3.08. The monoisotopic (exact) mass is 306 g/mol. The smallest absolute Gasteiger partial charge is 0.228 e. The highest BCUT2D eigenvalue weighted by molar-refractivity contribution is 5.32. The van der Waals surface area contributed by atoms with E-state index in [0.29, 0.717) is 18.6 Å². The predicted molar refractivity (Wildman–Crippen MR) is 85.4 cm³/mol. The molecule has 6 nitrogen and oxygen atoms in total. The van der Waals surface area contributed by atoms with E-state index in [2.05, 4.69) is 19.8 Å². The van der Waals surface area contributed by atoms with Crippen molar-refractivity contribution >= 4 is 5.95 Å². The van der Waals surface area contributed by atoms with E-state index in [4.69, 9.17) is 9.47 Å². The second-order valence-electron chi connectivity index (χ2n) is 5.88. The van der Waals surface area contributed by atoms with E-state index in [1.807, 2.05) is 13.0 Å². The Kier molecular flexibility index (Phi) is 5.45. The van der Waals surface area contributed by atoms with Crippen LogP contribution >= 0.6 is 0 Å². The van der Waals surface area contributed by atoms with Crippen LogP contribution in [0.5, 0.6) is 5.88 Å². The summed E-state index contributed by atoms with van der Waals surface area (Å²) in [5, 5.41) is 0. The van der Waals surface area contributed by atoms with Crippen molar-refractivity contribution in [2.24, 2.45) is 0 Å². The standard InChI is InChI=1S/C16H26N4O2/c1-2-21-15-5-7-17-16(18-15)20-11-9-19(10-12-20)8-6-14-4-3-13-22-14/h5,7,14H,2-4,6,8-13H2,1H3. The van der Waals surface area contributed by atoms with Crippen molar-refractivity contribution in [1.82, 2.24) is 14.9 Å². The molecule has 0 saturated carbocycles. The van der Waals surface area contributed by atoms with Crippen LogP contribution < -0.4 is 9.64 Å². The van der Waals surface area contributed by atoms with E-state index < -0.39 is 0 Å². The summed E-state index contributed by atoms with van der Waals surface area (Å²) in [4.78, 5) is 13.6. The minimum Gasteiger partial charge on any atom is -0.478 e. The molecule has 0 aliphatic carbocycles. The first kappa shape index (κ1) is 15.5. The number of piperazine rings is 1. The van der Waals surface area contributed by atoms with Crippen LogP contribution in [0.15, 0.2) is 12.3 Å². The molecule has 3 rings (SSSR count). The zero-order valence-electron chi connectivity index (χ0n) is 13.4. The maximum atomic E-state index is 5.70. The first-order valence-corrected chi connectivity index (χ1v) is 8.40. The summed E-state index contributed by atoms with van der Waals surface area (Å²) < 4.78 is 11.2. The minimum absolute atomic E-state index is 0.490. The van der Waals surface area contributed by atoms with E-state index in [1.165, 1.54) is 12.8 Å². The van der Waals surface area contributed by atoms with E-state index in [0.717, 1.165) is 51.7 Å². The van der Waals surface area contributed by atoms with Crippen LogP contribution in [-0.4, -0.2) is 66.9 Å². The number of nitrogens with zero attached hydrogens (tertiary/aromatic N) is 4. The van der Waals surface area contributed by atoms with E-state index in [9.17, 15) is 0 Å². The maximum absolute atomic E-state index is 5.70. The lowest BCUT2D eigenvalue weighted by molar-refractivity contribution is 0.0910. The average molecular weight is 306 g/mol. The van der Waals surface area contributed by atoms with Crippen LogP contribution in [0.2, 0.25) is 0 Å². The molecule has 22 heavy (non-hydrogen) atoms. The molecular formula is C16H26N4O2. The fourth-order valence-corrected chi connectivity index (χ4v) is 3.08. The number of anilines is 1. The molecule has 122 valence electrons. The molecule has 2 saturated heterocycles. The van der Waals surface area contributed by atoms with Gasteiger partial charge in [-0.25, -0.2) is 4.98 Å². The van der Waals surface area contributed by atoms with E-state index >= 15 is 0 Å². The molecule has 1 aromatic rings. The number of aromatic nitrogens is 2. The molecule has 0 bridgehead atoms. The molecule has 0 N–H and O–H groups in total. The van der Waals surface area contributed by atoms with Crippen LogP contribution in [0.25, 0.3) is 0 Å². The topological polar surface area (TPSA) is 50.7 Å². The van der Waals surface area contributed by atoms with Gasteiger partial charge >= 0.3 is 0 Å². The minimum atomic E-state index is 0.490. The zero-order chi connectivity index (χ0) is 15.2. The molecule has 0 aromatic carbocycles. The number of ether oxygens (including phenoxy) is 2. The van der Waals surface area contributed by atoms with Crippen LogP contribution in [0.4, 0.5) is 5.95 Å². The Hall–Kier alpha value is -1.40. The SMILES string of the molecule is CCOc1ccnc(N2CCN(CCC3CCCO3)CC2)n1. The highest BCUT2D eigenvalue weighted by Gasteiger charge is 2.21. The van der Waals surface area contributed by atoms with Gasteiger partial charge in [0.05, 0.1) is 12.7 Å². The Morgan fingerprint density at radius 3 is 2.91 bits per heavy atom. The first-order valence-electron chi connectivity index (χ1n) is 8.40. The third-order valence-corrected chi connectivity index (χ3v) is 4.36. The van der Waals surface area contributed by atoms with Gasteiger partial charge in [-0.1, -0.05) is 0 Å². The highest BCUT2D eigenvalue weighted by Crippen LogP contribution is 2.18. The highest BCUT2D eigenvalue weighted by atomic mass is 16.5. The van der Waals surface area contributed by atoms with Crippen molar-refractivity contribution < 1.29 is 9.47 Å². The molecule has 2 aliphatic rings. The molecule has 1 aromatic heterocycles. The van der Waals surface area contributed by atoms with Gasteiger partial charge in [-0.15, -0.1) is 0 Å². The van der Waals surface area contributed by atoms with Crippen molar-refractivity contribution in [1.29, 1.82) is 0 Å². The summed E-state index contributed by atoms with van der Waals surface area (Å²) in [6.07, 6.45) is 5.89. The van der Waals surface area contributed by atoms with E-state index in [-0.39, 0.29) is 0 Å². The van der Waals surface area contributed by atoms with Gasteiger partial charge < -0.3 is 14.4 Å². The summed E-state index contributed by atoms with van der Waals surface area (Å²) in [7, 11) is 0. The van der Waals surface area contributed by atoms with Crippen LogP contribution in [-0.2, 0) is 4.74 Å². The largest absolute Gasteiger partial charge is 0.478 e. The molecule has 1 unspecified atom stereocenters. The lowest BCUT2D eigenvalue weighted by atomic mass is 10.1. The van der Waals surface area contributed by atoms with Crippen molar-refractivity contribution in [3.63, 3.8) is 0 Å². The van der Waals surface area contributed by atoms with Gasteiger partial charge in [-0.3, -0.25) is 4.90 Å². The molecule has 3 heterocycles. The fourth-order valence-electron chi connectivity index (χ4n) is 3.08. The lowest BCUT2D eigenvalue weighted by Crippen LogP contribution is -2.47. The quantitative estimate of drug-likeness (QED) is 0.795. The fraction of sp³-hybridized carbons (Fsp3) is 0.750. The zero-order valence-corrected chi connectivity index (χ0v) is 13.4. The van der Waals surface area contributed by atoms with Gasteiger partial charge in [0.2, 0.25) is 11.8 Å². The molecule has 0 amide bonds. The van der Waals surface area contributed by atoms with Gasteiger partial charge in [0.15, 0.2) is 0 Å². The molecule has 0 radical (unpaired) electrons. The van der Waals surface area contributed by atoms with Crippen molar-refractivity contribution in [2.45, 2.75) is 32.3 Å². The van der Waals surface area contributed by atoms with E-state index in [1.54, 1.807) is 6.20 Å². The molecule has 0 spiro atoms. The summed E-state index contributed by atoms with van der Waals surface area (Å²) in [5.74, 6) is 1.44. The Labute approximate surface area is 132 Å².